The van der Waals surface area contributed by atoms with Gasteiger partial charge in [0.15, 0.2) is 22.1 Å². The van der Waals surface area contributed by atoms with Crippen molar-refractivity contribution >= 4 is 11.6 Å². The summed E-state index contributed by atoms with van der Waals surface area (Å²) < 4.78 is 8.08. The van der Waals surface area contributed by atoms with Crippen LogP contribution in [0.5, 0.6) is 5.75 Å². The Morgan fingerprint density at radius 1 is 1.21 bits per heavy atom. The highest BCUT2D eigenvalue weighted by Gasteiger charge is 2.70. The van der Waals surface area contributed by atoms with Crippen molar-refractivity contribution in [1.29, 1.82) is 5.26 Å². The molecule has 1 fully saturated rings. The number of benzene rings is 2. The minimum atomic E-state index is -1.30. The number of aromatic nitrogens is 2. The molecule has 1 saturated carbocycles. The van der Waals surface area contributed by atoms with Gasteiger partial charge < -0.3 is 9.84 Å². The third-order valence-electron chi connectivity index (χ3n) is 6.14. The summed E-state index contributed by atoms with van der Waals surface area (Å²) in [5.41, 5.74) is 0.610. The van der Waals surface area contributed by atoms with Crippen LogP contribution in [0.2, 0.25) is 5.15 Å². The topological polar surface area (TPSA) is 71.1 Å². The predicted octanol–water partition coefficient (Wildman–Crippen LogP) is 4.00. The Balaban J connectivity index is 1.76. The molecule has 3 aromatic rings. The Morgan fingerprint density at radius 3 is 2.61 bits per heavy atom. The average Bonchev–Trinajstić information content (AvgIpc) is 3.27. The predicted molar refractivity (Wildman–Crippen MR) is 104 cm³/mol. The zero-order chi connectivity index (χ0) is 19.5. The van der Waals surface area contributed by atoms with Crippen molar-refractivity contribution in [3.8, 4) is 11.8 Å². The summed E-state index contributed by atoms with van der Waals surface area (Å²) in [6.07, 6.45) is 1.25. The van der Waals surface area contributed by atoms with Gasteiger partial charge in [-0.25, -0.2) is 0 Å². The van der Waals surface area contributed by atoms with Crippen molar-refractivity contribution in [1.82, 2.24) is 9.78 Å². The van der Waals surface area contributed by atoms with Crippen LogP contribution in [0.3, 0.4) is 0 Å². The van der Waals surface area contributed by atoms with Crippen LogP contribution >= 0.6 is 11.6 Å². The van der Waals surface area contributed by atoms with Gasteiger partial charge in [-0.05, 0) is 36.1 Å². The van der Waals surface area contributed by atoms with Gasteiger partial charge in [-0.2, -0.15) is 10.4 Å². The maximum atomic E-state index is 12.0. The quantitative estimate of drug-likeness (QED) is 0.716. The first-order valence-electron chi connectivity index (χ1n) is 9.21. The summed E-state index contributed by atoms with van der Waals surface area (Å²) in [4.78, 5) is 0. The van der Waals surface area contributed by atoms with Crippen LogP contribution in [-0.4, -0.2) is 14.9 Å². The van der Waals surface area contributed by atoms with E-state index in [0.717, 1.165) is 17.5 Å². The van der Waals surface area contributed by atoms with Crippen molar-refractivity contribution in [2.75, 3.05) is 0 Å². The van der Waals surface area contributed by atoms with Crippen LogP contribution in [0, 0.1) is 11.3 Å². The van der Waals surface area contributed by atoms with Crippen molar-refractivity contribution in [2.24, 2.45) is 7.05 Å². The molecule has 1 aromatic heterocycles. The maximum absolute atomic E-state index is 12.0. The SMILES string of the molecule is Cn1nc2c(c1Cl)O[C@@]1(c3ccc(C#N)cc3)C(c3ccccc3)CCC21O. The largest absolute Gasteiger partial charge is 0.473 e. The highest BCUT2D eigenvalue weighted by molar-refractivity contribution is 6.31. The monoisotopic (exact) mass is 391 g/mol. The summed E-state index contributed by atoms with van der Waals surface area (Å²) in [7, 11) is 1.74. The third-order valence-corrected chi connectivity index (χ3v) is 6.55. The molecular weight excluding hydrogens is 374 g/mol. The molecule has 1 N–H and O–H groups in total. The van der Waals surface area contributed by atoms with Gasteiger partial charge in [0.25, 0.3) is 0 Å². The minimum Gasteiger partial charge on any atom is -0.473 e. The number of fused-ring (bicyclic) bond motifs is 3. The number of hydrogen-bond acceptors (Lipinski definition) is 4. The molecule has 6 heteroatoms. The molecule has 3 atom stereocenters. The fraction of sp³-hybridized carbons (Fsp3) is 0.273. The Labute approximate surface area is 167 Å². The number of nitriles is 1. The van der Waals surface area contributed by atoms with Crippen LogP contribution < -0.4 is 4.74 Å². The van der Waals surface area contributed by atoms with Gasteiger partial charge in [-0.3, -0.25) is 4.68 Å². The van der Waals surface area contributed by atoms with E-state index in [1.54, 1.807) is 19.2 Å². The highest BCUT2D eigenvalue weighted by Crippen LogP contribution is 2.67. The van der Waals surface area contributed by atoms with Gasteiger partial charge in [-0.1, -0.05) is 54.1 Å². The molecule has 1 aliphatic heterocycles. The Bertz CT molecular complexity index is 1100. The molecule has 0 spiro atoms. The number of nitrogens with zero attached hydrogens (tertiary/aromatic N) is 3. The zero-order valence-corrected chi connectivity index (χ0v) is 16.0. The summed E-state index contributed by atoms with van der Waals surface area (Å²) in [6, 6.07) is 19.5. The summed E-state index contributed by atoms with van der Waals surface area (Å²) in [5, 5.41) is 26.0. The number of aryl methyl sites for hydroxylation is 1. The van der Waals surface area contributed by atoms with E-state index in [4.69, 9.17) is 16.3 Å². The summed E-state index contributed by atoms with van der Waals surface area (Å²) in [6.45, 7) is 0. The first-order chi connectivity index (χ1) is 13.5. The maximum Gasteiger partial charge on any atom is 0.184 e. The van der Waals surface area contributed by atoms with E-state index in [0.29, 0.717) is 28.6 Å². The molecule has 1 aliphatic carbocycles. The van der Waals surface area contributed by atoms with Crippen molar-refractivity contribution < 1.29 is 9.84 Å². The second-order valence-electron chi connectivity index (χ2n) is 7.48. The molecule has 0 radical (unpaired) electrons. The first kappa shape index (κ1) is 17.3. The van der Waals surface area contributed by atoms with Gasteiger partial charge in [0.05, 0.1) is 11.6 Å². The van der Waals surface area contributed by atoms with Gasteiger partial charge in [0, 0.05) is 13.0 Å². The van der Waals surface area contributed by atoms with Crippen molar-refractivity contribution in [3.05, 3.63) is 82.1 Å². The highest BCUT2D eigenvalue weighted by atomic mass is 35.5. The molecule has 5 rings (SSSR count). The standard InChI is InChI=1S/C22H18ClN3O2/c1-26-20(23)18-19(25-26)21(27)12-11-17(15-5-3-2-4-6-15)22(21,28-18)16-9-7-14(13-24)8-10-16/h2-10,17,27H,11-12H2,1H3/t17?,21?,22-/m0/s1. The molecule has 0 bridgehead atoms. The number of rotatable bonds is 2. The second-order valence-corrected chi connectivity index (χ2v) is 7.84. The van der Waals surface area contributed by atoms with E-state index in [9.17, 15) is 10.4 Å². The van der Waals surface area contributed by atoms with E-state index < -0.39 is 11.2 Å². The van der Waals surface area contributed by atoms with Crippen molar-refractivity contribution in [2.45, 2.75) is 30.0 Å². The van der Waals surface area contributed by atoms with Gasteiger partial charge >= 0.3 is 0 Å². The Morgan fingerprint density at radius 2 is 1.93 bits per heavy atom. The fourth-order valence-electron chi connectivity index (χ4n) is 4.86. The number of ether oxygens (including phenoxy) is 1. The van der Waals surface area contributed by atoms with E-state index in [1.165, 1.54) is 4.68 Å². The second kappa shape index (κ2) is 5.84. The summed E-state index contributed by atoms with van der Waals surface area (Å²) >= 11 is 6.44. The fourth-order valence-corrected chi connectivity index (χ4v) is 5.03. The van der Waals surface area contributed by atoms with E-state index in [-0.39, 0.29) is 5.92 Å². The minimum absolute atomic E-state index is 0.0813. The lowest BCUT2D eigenvalue weighted by Gasteiger charge is -2.40. The Kier molecular flexibility index (Phi) is 3.61. The molecule has 2 heterocycles. The average molecular weight is 392 g/mol. The Hall–Kier alpha value is -2.81. The normalized spacial score (nSPS) is 27.7. The number of aliphatic hydroxyl groups is 1. The van der Waals surface area contributed by atoms with Gasteiger partial charge in [0.1, 0.15) is 5.69 Å². The van der Waals surface area contributed by atoms with Crippen LogP contribution in [0.15, 0.2) is 54.6 Å². The first-order valence-corrected chi connectivity index (χ1v) is 9.59. The van der Waals surface area contributed by atoms with Crippen LogP contribution in [-0.2, 0) is 18.2 Å². The molecule has 2 aliphatic rings. The molecule has 140 valence electrons. The molecule has 5 nitrogen and oxygen atoms in total. The lowest BCUT2D eigenvalue weighted by atomic mass is 9.73. The molecule has 0 saturated heterocycles. The van der Waals surface area contributed by atoms with Gasteiger partial charge in [0.2, 0.25) is 0 Å². The lowest BCUT2D eigenvalue weighted by Crippen LogP contribution is -2.48. The van der Waals surface area contributed by atoms with E-state index >= 15 is 0 Å². The lowest BCUT2D eigenvalue weighted by molar-refractivity contribution is -0.108. The molecular formula is C22H18ClN3O2. The number of halogens is 1. The molecule has 2 aromatic carbocycles. The van der Waals surface area contributed by atoms with E-state index in [1.807, 2.05) is 30.3 Å². The van der Waals surface area contributed by atoms with Crippen LogP contribution in [0.1, 0.15) is 41.1 Å². The molecule has 0 amide bonds. The molecule has 2 unspecified atom stereocenters. The van der Waals surface area contributed by atoms with Crippen molar-refractivity contribution in [3.63, 3.8) is 0 Å². The number of hydrogen-bond donors (Lipinski definition) is 1. The summed E-state index contributed by atoms with van der Waals surface area (Å²) in [5.74, 6) is 0.360. The van der Waals surface area contributed by atoms with Crippen LogP contribution in [0.25, 0.3) is 0 Å². The smallest absolute Gasteiger partial charge is 0.184 e. The van der Waals surface area contributed by atoms with Crippen LogP contribution in [0.4, 0.5) is 0 Å². The molecule has 28 heavy (non-hydrogen) atoms. The van der Waals surface area contributed by atoms with Gasteiger partial charge in [-0.15, -0.1) is 0 Å². The third kappa shape index (κ3) is 2.02. The zero-order valence-electron chi connectivity index (χ0n) is 15.3. The van der Waals surface area contributed by atoms with E-state index in [2.05, 4.69) is 23.3 Å².